The molecule has 1 aromatic heterocycles. The quantitative estimate of drug-likeness (QED) is 0.872. The summed E-state index contributed by atoms with van der Waals surface area (Å²) in [6.07, 6.45) is 3.49. The number of imidazole rings is 1. The molecule has 2 rings (SSSR count). The number of hydrogen-bond donors (Lipinski definition) is 1. The number of aromatic nitrogens is 2. The molecule has 5 nitrogen and oxygen atoms in total. The lowest BCUT2D eigenvalue weighted by molar-refractivity contribution is 0.0600. The Morgan fingerprint density at radius 1 is 1.50 bits per heavy atom. The third kappa shape index (κ3) is 2.79. The number of carbonyl (C=O) groups excluding carboxylic acids is 1. The number of halogens is 1. The van der Waals surface area contributed by atoms with Gasteiger partial charge >= 0.3 is 5.97 Å². The minimum absolute atomic E-state index is 0.197. The van der Waals surface area contributed by atoms with Crippen LogP contribution in [0.4, 0.5) is 10.1 Å². The van der Waals surface area contributed by atoms with Crippen LogP contribution >= 0.6 is 0 Å². The Kier molecular flexibility index (Phi) is 4.02. The van der Waals surface area contributed by atoms with Crippen molar-refractivity contribution in [3.05, 3.63) is 47.8 Å². The number of ether oxygens (including phenoxy) is 1. The van der Waals surface area contributed by atoms with Crippen molar-refractivity contribution in [1.29, 1.82) is 0 Å². The molecule has 0 saturated heterocycles. The average Bonchev–Trinajstić information content (AvgIpc) is 2.86. The van der Waals surface area contributed by atoms with Crippen LogP contribution in [0.2, 0.25) is 0 Å². The maximum Gasteiger partial charge on any atom is 0.337 e. The molecule has 0 spiro atoms. The molecule has 0 amide bonds. The first-order chi connectivity index (χ1) is 9.52. The fourth-order valence-corrected chi connectivity index (χ4v) is 1.97. The molecule has 20 heavy (non-hydrogen) atoms. The van der Waals surface area contributed by atoms with E-state index in [2.05, 4.69) is 15.0 Å². The Labute approximate surface area is 116 Å². The molecule has 0 aliphatic heterocycles. The van der Waals surface area contributed by atoms with Crippen molar-refractivity contribution in [2.45, 2.75) is 13.0 Å². The van der Waals surface area contributed by atoms with Gasteiger partial charge < -0.3 is 14.6 Å². The number of methoxy groups -OCH3 is 1. The van der Waals surface area contributed by atoms with E-state index < -0.39 is 11.8 Å². The first-order valence-electron chi connectivity index (χ1n) is 6.14. The van der Waals surface area contributed by atoms with Crippen LogP contribution in [0.5, 0.6) is 0 Å². The van der Waals surface area contributed by atoms with E-state index in [1.165, 1.54) is 25.3 Å². The summed E-state index contributed by atoms with van der Waals surface area (Å²) in [7, 11) is 3.15. The number of nitrogens with zero attached hydrogens (tertiary/aromatic N) is 2. The molecule has 1 heterocycles. The number of benzene rings is 1. The first kappa shape index (κ1) is 14.0. The second-order valence-electron chi connectivity index (χ2n) is 4.45. The topological polar surface area (TPSA) is 56.1 Å². The van der Waals surface area contributed by atoms with E-state index in [4.69, 9.17) is 0 Å². The Hall–Kier alpha value is -2.37. The molecule has 0 aliphatic rings. The minimum Gasteiger partial charge on any atom is -0.465 e. The van der Waals surface area contributed by atoms with Crippen LogP contribution in [0.25, 0.3) is 0 Å². The number of hydrogen-bond acceptors (Lipinski definition) is 4. The van der Waals surface area contributed by atoms with Crippen LogP contribution in [-0.4, -0.2) is 22.6 Å². The van der Waals surface area contributed by atoms with Gasteiger partial charge in [-0.3, -0.25) is 0 Å². The number of carbonyl (C=O) groups is 1. The molecule has 0 saturated carbocycles. The molecule has 1 aromatic carbocycles. The SMILES string of the molecule is COC(=O)c1ccc(F)c(NC(C)c2nccn2C)c1. The van der Waals surface area contributed by atoms with E-state index in [1.54, 1.807) is 6.20 Å². The van der Waals surface area contributed by atoms with Crippen molar-refractivity contribution in [2.75, 3.05) is 12.4 Å². The Morgan fingerprint density at radius 3 is 2.85 bits per heavy atom. The molecule has 0 bridgehead atoms. The summed E-state index contributed by atoms with van der Waals surface area (Å²) in [6, 6.07) is 3.86. The highest BCUT2D eigenvalue weighted by atomic mass is 19.1. The molecule has 0 fully saturated rings. The summed E-state index contributed by atoms with van der Waals surface area (Å²) in [4.78, 5) is 15.7. The Morgan fingerprint density at radius 2 is 2.25 bits per heavy atom. The van der Waals surface area contributed by atoms with E-state index in [1.807, 2.05) is 24.7 Å². The van der Waals surface area contributed by atoms with Gasteiger partial charge in [-0.15, -0.1) is 0 Å². The predicted molar refractivity (Wildman–Crippen MR) is 73.0 cm³/mol. The molecule has 1 unspecified atom stereocenters. The molecule has 2 aromatic rings. The third-order valence-electron chi connectivity index (χ3n) is 3.01. The van der Waals surface area contributed by atoms with E-state index in [9.17, 15) is 9.18 Å². The fourth-order valence-electron chi connectivity index (χ4n) is 1.97. The lowest BCUT2D eigenvalue weighted by atomic mass is 10.1. The van der Waals surface area contributed by atoms with Crippen molar-refractivity contribution in [1.82, 2.24) is 9.55 Å². The lowest BCUT2D eigenvalue weighted by Gasteiger charge is -2.16. The zero-order chi connectivity index (χ0) is 14.7. The van der Waals surface area contributed by atoms with Crippen LogP contribution in [0.1, 0.15) is 29.1 Å². The average molecular weight is 277 g/mol. The first-order valence-corrected chi connectivity index (χ1v) is 6.14. The van der Waals surface area contributed by atoms with Gasteiger partial charge in [-0.05, 0) is 25.1 Å². The van der Waals surface area contributed by atoms with Gasteiger partial charge in [-0.25, -0.2) is 14.2 Å². The van der Waals surface area contributed by atoms with Crippen LogP contribution in [-0.2, 0) is 11.8 Å². The molecular formula is C14H16FN3O2. The number of nitrogens with one attached hydrogen (secondary N) is 1. The summed E-state index contributed by atoms with van der Waals surface area (Å²) in [5, 5.41) is 3.01. The van der Waals surface area contributed by atoms with E-state index in [-0.39, 0.29) is 11.7 Å². The number of anilines is 1. The monoisotopic (exact) mass is 277 g/mol. The fraction of sp³-hybridized carbons (Fsp3) is 0.286. The standard InChI is InChI=1S/C14H16FN3O2/c1-9(13-16-6-7-18(13)2)17-12-8-10(14(19)20-3)4-5-11(12)15/h4-9,17H,1-3H3. The molecule has 0 aliphatic carbocycles. The van der Waals surface area contributed by atoms with Gasteiger partial charge in [0, 0.05) is 19.4 Å². The summed E-state index contributed by atoms with van der Waals surface area (Å²) in [5.41, 5.74) is 0.534. The predicted octanol–water partition coefficient (Wildman–Crippen LogP) is 2.52. The van der Waals surface area contributed by atoms with E-state index >= 15 is 0 Å². The zero-order valence-corrected chi connectivity index (χ0v) is 11.6. The highest BCUT2D eigenvalue weighted by Gasteiger charge is 2.14. The highest BCUT2D eigenvalue weighted by molar-refractivity contribution is 5.90. The smallest absolute Gasteiger partial charge is 0.337 e. The maximum absolute atomic E-state index is 13.8. The number of esters is 1. The minimum atomic E-state index is -0.502. The number of aryl methyl sites for hydroxylation is 1. The van der Waals surface area contributed by atoms with Gasteiger partial charge in [0.1, 0.15) is 11.6 Å². The van der Waals surface area contributed by atoms with Crippen molar-refractivity contribution >= 4 is 11.7 Å². The lowest BCUT2D eigenvalue weighted by Crippen LogP contribution is -2.13. The Balaban J connectivity index is 2.24. The van der Waals surface area contributed by atoms with Gasteiger partial charge in [0.2, 0.25) is 0 Å². The summed E-state index contributed by atoms with van der Waals surface area (Å²) >= 11 is 0. The molecular weight excluding hydrogens is 261 g/mol. The number of rotatable bonds is 4. The normalized spacial score (nSPS) is 12.0. The largest absolute Gasteiger partial charge is 0.465 e. The zero-order valence-electron chi connectivity index (χ0n) is 11.6. The van der Waals surface area contributed by atoms with Crippen LogP contribution in [0.3, 0.4) is 0 Å². The van der Waals surface area contributed by atoms with Gasteiger partial charge in [-0.2, -0.15) is 0 Å². The van der Waals surface area contributed by atoms with Crippen molar-refractivity contribution < 1.29 is 13.9 Å². The van der Waals surface area contributed by atoms with E-state index in [0.29, 0.717) is 5.56 Å². The molecule has 1 N–H and O–H groups in total. The Bertz CT molecular complexity index is 625. The van der Waals surface area contributed by atoms with Gasteiger partial charge in [-0.1, -0.05) is 0 Å². The maximum atomic E-state index is 13.8. The molecule has 6 heteroatoms. The van der Waals surface area contributed by atoms with Crippen molar-refractivity contribution in [2.24, 2.45) is 7.05 Å². The second kappa shape index (κ2) is 5.73. The van der Waals surface area contributed by atoms with Crippen LogP contribution < -0.4 is 5.32 Å². The molecule has 106 valence electrons. The summed E-state index contributed by atoms with van der Waals surface area (Å²) < 4.78 is 20.3. The van der Waals surface area contributed by atoms with Gasteiger partial charge in [0.05, 0.1) is 24.4 Å². The molecule has 0 radical (unpaired) electrons. The van der Waals surface area contributed by atoms with Crippen LogP contribution in [0, 0.1) is 5.82 Å². The highest BCUT2D eigenvalue weighted by Crippen LogP contribution is 2.22. The van der Waals surface area contributed by atoms with Gasteiger partial charge in [0.15, 0.2) is 0 Å². The van der Waals surface area contributed by atoms with Crippen LogP contribution in [0.15, 0.2) is 30.6 Å². The van der Waals surface area contributed by atoms with Gasteiger partial charge in [0.25, 0.3) is 0 Å². The third-order valence-corrected chi connectivity index (χ3v) is 3.01. The summed E-state index contributed by atoms with van der Waals surface area (Å²) in [6.45, 7) is 1.87. The molecule has 1 atom stereocenters. The van der Waals surface area contributed by atoms with Crippen molar-refractivity contribution in [3.8, 4) is 0 Å². The second-order valence-corrected chi connectivity index (χ2v) is 4.45. The summed E-state index contributed by atoms with van der Waals surface area (Å²) in [5.74, 6) is -0.163. The van der Waals surface area contributed by atoms with Crippen molar-refractivity contribution in [3.63, 3.8) is 0 Å². The van der Waals surface area contributed by atoms with E-state index in [0.717, 1.165) is 5.82 Å².